The van der Waals surface area contributed by atoms with Crippen molar-refractivity contribution >= 4 is 23.4 Å². The van der Waals surface area contributed by atoms with E-state index in [1.165, 1.54) is 36.7 Å². The number of amides is 1. The lowest BCUT2D eigenvalue weighted by Gasteiger charge is -2.07. The molecule has 1 amide bonds. The molecule has 0 fully saturated rings. The zero-order valence-corrected chi connectivity index (χ0v) is 14.9. The summed E-state index contributed by atoms with van der Waals surface area (Å²) < 4.78 is 14.5. The highest BCUT2D eigenvalue weighted by Crippen LogP contribution is 2.34. The van der Waals surface area contributed by atoms with Gasteiger partial charge in [-0.2, -0.15) is 0 Å². The van der Waals surface area contributed by atoms with Crippen LogP contribution in [0, 0.1) is 15.9 Å². The van der Waals surface area contributed by atoms with Crippen molar-refractivity contribution < 1.29 is 14.1 Å². The van der Waals surface area contributed by atoms with E-state index >= 15 is 0 Å². The lowest BCUT2D eigenvalue weighted by molar-refractivity contribution is -0.387. The number of benzene rings is 2. The van der Waals surface area contributed by atoms with E-state index in [9.17, 15) is 19.3 Å². The minimum atomic E-state index is -0.546. The number of hydrogen-bond donors (Lipinski definition) is 1. The monoisotopic (exact) mass is 387 g/mol. The third-order valence-corrected chi connectivity index (χ3v) is 4.77. The van der Waals surface area contributed by atoms with Crippen LogP contribution in [0.25, 0.3) is 0 Å². The second kappa shape index (κ2) is 7.96. The molecule has 1 heterocycles. The van der Waals surface area contributed by atoms with Crippen LogP contribution < -0.4 is 5.32 Å². The van der Waals surface area contributed by atoms with E-state index in [-0.39, 0.29) is 23.6 Å². The fraction of sp³-hybridized carbons (Fsp3) is 0.118. The summed E-state index contributed by atoms with van der Waals surface area (Å²) in [6.45, 7) is 0.183. The van der Waals surface area contributed by atoms with Crippen molar-refractivity contribution in [1.29, 1.82) is 0 Å². The van der Waals surface area contributed by atoms with Gasteiger partial charge in [-0.05, 0) is 41.6 Å². The number of aromatic nitrogens is 3. The third-order valence-electron chi connectivity index (χ3n) is 3.66. The maximum absolute atomic E-state index is 12.9. The van der Waals surface area contributed by atoms with Gasteiger partial charge in [-0.25, -0.2) is 4.39 Å². The summed E-state index contributed by atoms with van der Waals surface area (Å²) in [5, 5.41) is 22.2. The Bertz CT molecular complexity index is 990. The molecular formula is C17H14FN5O3S. The predicted molar refractivity (Wildman–Crippen MR) is 95.8 cm³/mol. The topological polar surface area (TPSA) is 103 Å². The van der Waals surface area contributed by atoms with Gasteiger partial charge < -0.3 is 9.88 Å². The molecule has 0 unspecified atom stereocenters. The van der Waals surface area contributed by atoms with Crippen LogP contribution >= 0.6 is 11.8 Å². The SMILES string of the molecule is Cn1cnnc1Sc1ccc(C(=O)NCc2ccc(F)cc2)cc1[N+](=O)[O-]. The molecule has 0 saturated heterocycles. The summed E-state index contributed by atoms with van der Waals surface area (Å²) in [6, 6.07) is 9.93. The molecule has 0 atom stereocenters. The molecule has 0 radical (unpaired) electrons. The van der Waals surface area contributed by atoms with E-state index in [1.54, 1.807) is 23.7 Å². The highest BCUT2D eigenvalue weighted by atomic mass is 32.2. The fourth-order valence-corrected chi connectivity index (χ4v) is 3.09. The number of nitro groups is 1. The third kappa shape index (κ3) is 4.47. The molecule has 2 aromatic carbocycles. The summed E-state index contributed by atoms with van der Waals surface area (Å²) >= 11 is 1.09. The van der Waals surface area contributed by atoms with Gasteiger partial charge in [0.25, 0.3) is 11.6 Å². The number of halogens is 1. The van der Waals surface area contributed by atoms with Crippen LogP contribution in [0.2, 0.25) is 0 Å². The van der Waals surface area contributed by atoms with Crippen molar-refractivity contribution in [3.63, 3.8) is 0 Å². The predicted octanol–water partition coefficient (Wildman–Crippen LogP) is 2.94. The highest BCUT2D eigenvalue weighted by molar-refractivity contribution is 7.99. The molecule has 0 bridgehead atoms. The van der Waals surface area contributed by atoms with E-state index in [0.29, 0.717) is 15.6 Å². The Kier molecular flexibility index (Phi) is 5.46. The lowest BCUT2D eigenvalue weighted by Crippen LogP contribution is -2.22. The summed E-state index contributed by atoms with van der Waals surface area (Å²) in [6.07, 6.45) is 1.49. The molecule has 0 spiro atoms. The Morgan fingerprint density at radius 3 is 2.67 bits per heavy atom. The van der Waals surface area contributed by atoms with Crippen molar-refractivity contribution in [1.82, 2.24) is 20.1 Å². The van der Waals surface area contributed by atoms with Gasteiger partial charge in [0, 0.05) is 25.2 Å². The number of aryl methyl sites for hydroxylation is 1. The molecule has 10 heteroatoms. The summed E-state index contributed by atoms with van der Waals surface area (Å²) in [5.74, 6) is -0.825. The van der Waals surface area contributed by atoms with Crippen LogP contribution in [0.4, 0.5) is 10.1 Å². The molecule has 8 nitrogen and oxygen atoms in total. The maximum Gasteiger partial charge on any atom is 0.284 e. The summed E-state index contributed by atoms with van der Waals surface area (Å²) in [5.41, 5.74) is 0.678. The molecule has 3 aromatic rings. The number of hydrogen-bond acceptors (Lipinski definition) is 6. The van der Waals surface area contributed by atoms with Gasteiger partial charge >= 0.3 is 0 Å². The number of nitro benzene ring substituents is 1. The van der Waals surface area contributed by atoms with E-state index in [4.69, 9.17) is 0 Å². The molecule has 138 valence electrons. The minimum absolute atomic E-state index is 0.158. The van der Waals surface area contributed by atoms with Gasteiger partial charge in [-0.3, -0.25) is 14.9 Å². The molecule has 27 heavy (non-hydrogen) atoms. The van der Waals surface area contributed by atoms with E-state index < -0.39 is 10.8 Å². The Balaban J connectivity index is 1.76. The molecule has 0 saturated carbocycles. The highest BCUT2D eigenvalue weighted by Gasteiger charge is 2.20. The second-order valence-electron chi connectivity index (χ2n) is 5.58. The van der Waals surface area contributed by atoms with Crippen molar-refractivity contribution in [2.24, 2.45) is 7.05 Å². The Morgan fingerprint density at radius 1 is 1.30 bits per heavy atom. The van der Waals surface area contributed by atoms with E-state index in [2.05, 4.69) is 15.5 Å². The van der Waals surface area contributed by atoms with Crippen LogP contribution in [0.1, 0.15) is 15.9 Å². The smallest absolute Gasteiger partial charge is 0.284 e. The zero-order chi connectivity index (χ0) is 19.4. The van der Waals surface area contributed by atoms with Crippen molar-refractivity contribution in [2.45, 2.75) is 16.6 Å². The van der Waals surface area contributed by atoms with E-state index in [0.717, 1.165) is 11.8 Å². The first-order valence-corrected chi connectivity index (χ1v) is 8.58. The van der Waals surface area contributed by atoms with Crippen LogP contribution in [0.3, 0.4) is 0 Å². The first-order chi connectivity index (χ1) is 12.9. The molecule has 0 aliphatic carbocycles. The first-order valence-electron chi connectivity index (χ1n) is 7.77. The van der Waals surface area contributed by atoms with Gasteiger partial charge in [-0.1, -0.05) is 12.1 Å². The number of nitrogens with one attached hydrogen (secondary N) is 1. The van der Waals surface area contributed by atoms with Gasteiger partial charge in [0.2, 0.25) is 0 Å². The first kappa shape index (κ1) is 18.5. The summed E-state index contributed by atoms with van der Waals surface area (Å²) in [7, 11) is 1.73. The maximum atomic E-state index is 12.9. The normalized spacial score (nSPS) is 10.6. The fourth-order valence-electron chi connectivity index (χ4n) is 2.24. The number of carbonyl (C=O) groups excluding carboxylic acids is 1. The number of carbonyl (C=O) groups is 1. The van der Waals surface area contributed by atoms with E-state index in [1.807, 2.05) is 0 Å². The van der Waals surface area contributed by atoms with Crippen molar-refractivity contribution in [2.75, 3.05) is 0 Å². The van der Waals surface area contributed by atoms with Crippen LogP contribution in [-0.4, -0.2) is 25.6 Å². The molecule has 1 N–H and O–H groups in total. The Morgan fingerprint density at radius 2 is 2.04 bits per heavy atom. The minimum Gasteiger partial charge on any atom is -0.348 e. The molecule has 3 rings (SSSR count). The standard InChI is InChI=1S/C17H14FN5O3S/c1-22-10-20-21-17(22)27-15-7-4-12(8-14(15)23(25)26)16(24)19-9-11-2-5-13(18)6-3-11/h2-8,10H,9H2,1H3,(H,19,24). The van der Waals surface area contributed by atoms with Gasteiger partial charge in [0.1, 0.15) is 12.1 Å². The van der Waals surface area contributed by atoms with Crippen molar-refractivity contribution in [3.05, 3.63) is 75.9 Å². The molecule has 1 aromatic heterocycles. The quantitative estimate of drug-likeness (QED) is 0.515. The number of nitrogens with zero attached hydrogens (tertiary/aromatic N) is 4. The average molecular weight is 387 g/mol. The van der Waals surface area contributed by atoms with Crippen LogP contribution in [-0.2, 0) is 13.6 Å². The van der Waals surface area contributed by atoms with Gasteiger partial charge in [-0.15, -0.1) is 10.2 Å². The molecule has 0 aliphatic rings. The zero-order valence-electron chi connectivity index (χ0n) is 14.1. The largest absolute Gasteiger partial charge is 0.348 e. The Labute approximate surface area is 157 Å². The van der Waals surface area contributed by atoms with Crippen molar-refractivity contribution in [3.8, 4) is 0 Å². The second-order valence-corrected chi connectivity index (χ2v) is 6.58. The lowest BCUT2D eigenvalue weighted by atomic mass is 10.1. The summed E-state index contributed by atoms with van der Waals surface area (Å²) in [4.78, 5) is 23.5. The number of rotatable bonds is 6. The van der Waals surface area contributed by atoms with Gasteiger partial charge in [0.05, 0.1) is 9.82 Å². The van der Waals surface area contributed by atoms with Crippen LogP contribution in [0.15, 0.2) is 58.8 Å². The van der Waals surface area contributed by atoms with Gasteiger partial charge in [0.15, 0.2) is 5.16 Å². The molecular weight excluding hydrogens is 373 g/mol. The Hall–Kier alpha value is -3.27. The van der Waals surface area contributed by atoms with Crippen LogP contribution in [0.5, 0.6) is 0 Å². The average Bonchev–Trinajstić information content (AvgIpc) is 3.06. The molecule has 0 aliphatic heterocycles.